The second-order valence-corrected chi connectivity index (χ2v) is 4.02. The van der Waals surface area contributed by atoms with Crippen LogP contribution in [0.15, 0.2) is 5.16 Å². The van der Waals surface area contributed by atoms with Gasteiger partial charge in [-0.15, -0.1) is 0 Å². The Morgan fingerprint density at radius 2 is 1.81 bits per heavy atom. The molecule has 6 heteroatoms. The van der Waals surface area contributed by atoms with Gasteiger partial charge in [0.05, 0.1) is 25.3 Å². The molecule has 2 atom stereocenters. The van der Waals surface area contributed by atoms with Gasteiger partial charge >= 0.3 is 0 Å². The van der Waals surface area contributed by atoms with Gasteiger partial charge in [0.1, 0.15) is 6.21 Å². The molecule has 2 fully saturated rings. The van der Waals surface area contributed by atoms with Gasteiger partial charge in [0.15, 0.2) is 0 Å². The van der Waals surface area contributed by atoms with Crippen molar-refractivity contribution >= 4 is 12.1 Å². The quantitative estimate of drug-likeness (QED) is 0.414. The third-order valence-electron chi connectivity index (χ3n) is 3.02. The number of nitrogens with zero attached hydrogens (tertiary/aromatic N) is 2. The van der Waals surface area contributed by atoms with Crippen molar-refractivity contribution in [3.8, 4) is 0 Å². The van der Waals surface area contributed by atoms with Gasteiger partial charge in [-0.2, -0.15) is 0 Å². The summed E-state index contributed by atoms with van der Waals surface area (Å²) in [5.74, 6) is -0.270. The molecule has 2 aliphatic heterocycles. The molecule has 1 amide bonds. The summed E-state index contributed by atoms with van der Waals surface area (Å²) in [7, 11) is 0. The Morgan fingerprint density at radius 1 is 1.25 bits per heavy atom. The molecule has 1 N–H and O–H groups in total. The molecule has 2 unspecified atom stereocenters. The molecular weight excluding hydrogens is 212 g/mol. The van der Waals surface area contributed by atoms with E-state index in [1.165, 1.54) is 0 Å². The number of hydrogen-bond acceptors (Lipinski definition) is 5. The first-order chi connectivity index (χ1) is 7.83. The lowest BCUT2D eigenvalue weighted by Crippen LogP contribution is -2.48. The van der Waals surface area contributed by atoms with Gasteiger partial charge in [0.25, 0.3) is 5.91 Å². The van der Waals surface area contributed by atoms with Crippen LogP contribution in [-0.2, 0) is 14.3 Å². The van der Waals surface area contributed by atoms with E-state index in [-0.39, 0.29) is 18.0 Å². The number of oxime groups is 1. The average Bonchev–Trinajstić information content (AvgIpc) is 2.91. The molecule has 0 radical (unpaired) electrons. The Morgan fingerprint density at radius 3 is 2.19 bits per heavy atom. The average molecular weight is 228 g/mol. The molecule has 2 heterocycles. The number of rotatable bonds is 3. The van der Waals surface area contributed by atoms with Gasteiger partial charge in [-0.3, -0.25) is 4.79 Å². The number of ether oxygens (including phenoxy) is 2. The molecule has 2 saturated heterocycles. The molecule has 6 nitrogen and oxygen atoms in total. The third kappa shape index (κ3) is 2.33. The molecule has 0 aromatic heterocycles. The predicted octanol–water partition coefficient (Wildman–Crippen LogP) is -0.147. The van der Waals surface area contributed by atoms with E-state index in [1.807, 2.05) is 0 Å². The van der Waals surface area contributed by atoms with Crippen molar-refractivity contribution in [2.24, 2.45) is 5.16 Å². The molecule has 0 spiro atoms. The van der Waals surface area contributed by atoms with Crippen LogP contribution < -0.4 is 0 Å². The van der Waals surface area contributed by atoms with Crippen molar-refractivity contribution in [1.29, 1.82) is 0 Å². The SMILES string of the molecule is O=C(C=NO)N(C1CCOC1)C1CCOC1. The van der Waals surface area contributed by atoms with Crippen LogP contribution in [0.5, 0.6) is 0 Å². The Labute approximate surface area is 93.8 Å². The predicted molar refractivity (Wildman–Crippen MR) is 55.6 cm³/mol. The Hall–Kier alpha value is -1.14. The maximum Gasteiger partial charge on any atom is 0.269 e. The van der Waals surface area contributed by atoms with Crippen molar-refractivity contribution in [1.82, 2.24) is 4.90 Å². The van der Waals surface area contributed by atoms with Crippen LogP contribution in [0.1, 0.15) is 12.8 Å². The summed E-state index contributed by atoms with van der Waals surface area (Å²) in [4.78, 5) is 13.6. The smallest absolute Gasteiger partial charge is 0.269 e. The number of amides is 1. The van der Waals surface area contributed by atoms with Gasteiger partial charge < -0.3 is 19.6 Å². The van der Waals surface area contributed by atoms with Gasteiger partial charge in [-0.1, -0.05) is 5.16 Å². The maximum absolute atomic E-state index is 11.8. The summed E-state index contributed by atoms with van der Waals surface area (Å²) in [6.45, 7) is 2.47. The fourth-order valence-corrected chi connectivity index (χ4v) is 2.26. The van der Waals surface area contributed by atoms with Crippen molar-refractivity contribution in [2.75, 3.05) is 26.4 Å². The fraction of sp³-hybridized carbons (Fsp3) is 0.800. The fourth-order valence-electron chi connectivity index (χ4n) is 2.26. The Kier molecular flexibility index (Phi) is 3.74. The van der Waals surface area contributed by atoms with E-state index >= 15 is 0 Å². The summed E-state index contributed by atoms with van der Waals surface area (Å²) >= 11 is 0. The lowest BCUT2D eigenvalue weighted by atomic mass is 10.1. The van der Waals surface area contributed by atoms with Crippen molar-refractivity contribution in [2.45, 2.75) is 24.9 Å². The number of carbonyl (C=O) groups excluding carboxylic acids is 1. The highest BCUT2D eigenvalue weighted by Gasteiger charge is 2.34. The van der Waals surface area contributed by atoms with Crippen molar-refractivity contribution in [3.05, 3.63) is 0 Å². The van der Waals surface area contributed by atoms with Crippen LogP contribution in [0.3, 0.4) is 0 Å². The van der Waals surface area contributed by atoms with E-state index in [2.05, 4.69) is 5.16 Å². The Bertz CT molecular complexity index is 254. The van der Waals surface area contributed by atoms with E-state index in [4.69, 9.17) is 14.7 Å². The first-order valence-corrected chi connectivity index (χ1v) is 5.48. The van der Waals surface area contributed by atoms with E-state index < -0.39 is 0 Å². The maximum atomic E-state index is 11.8. The van der Waals surface area contributed by atoms with Crippen LogP contribution in [0.2, 0.25) is 0 Å². The largest absolute Gasteiger partial charge is 0.411 e. The summed E-state index contributed by atoms with van der Waals surface area (Å²) in [6.07, 6.45) is 2.61. The zero-order valence-corrected chi connectivity index (χ0v) is 9.04. The van der Waals surface area contributed by atoms with Crippen LogP contribution in [0.4, 0.5) is 0 Å². The summed E-state index contributed by atoms with van der Waals surface area (Å²) in [5.41, 5.74) is 0. The second kappa shape index (κ2) is 5.27. The minimum atomic E-state index is -0.270. The molecular formula is C10H16N2O4. The van der Waals surface area contributed by atoms with Gasteiger partial charge in [0, 0.05) is 13.2 Å². The number of hydrogen-bond donors (Lipinski definition) is 1. The van der Waals surface area contributed by atoms with Crippen LogP contribution in [0.25, 0.3) is 0 Å². The monoisotopic (exact) mass is 228 g/mol. The molecule has 0 aliphatic carbocycles. The standard InChI is InChI=1S/C10H16N2O4/c13-10(5-11-14)12(8-1-3-15-6-8)9-2-4-16-7-9/h5,8-9,14H,1-4,6-7H2. The lowest BCUT2D eigenvalue weighted by Gasteiger charge is -2.31. The molecule has 0 aromatic carbocycles. The van der Waals surface area contributed by atoms with Crippen molar-refractivity contribution < 1.29 is 19.5 Å². The van der Waals surface area contributed by atoms with E-state index in [1.54, 1.807) is 4.90 Å². The first-order valence-electron chi connectivity index (χ1n) is 5.48. The lowest BCUT2D eigenvalue weighted by molar-refractivity contribution is -0.128. The Balaban J connectivity index is 2.07. The zero-order chi connectivity index (χ0) is 11.4. The molecule has 2 aliphatic rings. The molecule has 0 saturated carbocycles. The van der Waals surface area contributed by atoms with Crippen LogP contribution in [0, 0.1) is 0 Å². The normalized spacial score (nSPS) is 30.0. The highest BCUT2D eigenvalue weighted by atomic mass is 16.5. The highest BCUT2D eigenvalue weighted by Crippen LogP contribution is 2.20. The van der Waals surface area contributed by atoms with E-state index in [9.17, 15) is 4.79 Å². The molecule has 0 aromatic rings. The van der Waals surface area contributed by atoms with Crippen LogP contribution in [-0.4, -0.2) is 60.7 Å². The van der Waals surface area contributed by atoms with Gasteiger partial charge in [-0.25, -0.2) is 0 Å². The number of carbonyl (C=O) groups is 1. The second-order valence-electron chi connectivity index (χ2n) is 4.02. The molecule has 16 heavy (non-hydrogen) atoms. The first kappa shape index (κ1) is 11.3. The van der Waals surface area contributed by atoms with E-state index in [0.29, 0.717) is 26.4 Å². The summed E-state index contributed by atoms with van der Waals surface area (Å²) in [6, 6.07) is 0.161. The summed E-state index contributed by atoms with van der Waals surface area (Å²) in [5, 5.41) is 11.2. The zero-order valence-electron chi connectivity index (χ0n) is 9.04. The topological polar surface area (TPSA) is 71.4 Å². The molecule has 90 valence electrons. The molecule has 0 bridgehead atoms. The minimum Gasteiger partial charge on any atom is -0.411 e. The van der Waals surface area contributed by atoms with Crippen molar-refractivity contribution in [3.63, 3.8) is 0 Å². The third-order valence-corrected chi connectivity index (χ3v) is 3.02. The highest BCUT2D eigenvalue weighted by molar-refractivity contribution is 6.26. The van der Waals surface area contributed by atoms with Crippen LogP contribution >= 0.6 is 0 Å². The van der Waals surface area contributed by atoms with Gasteiger partial charge in [-0.05, 0) is 12.8 Å². The minimum absolute atomic E-state index is 0.0807. The van der Waals surface area contributed by atoms with Gasteiger partial charge in [0.2, 0.25) is 0 Å². The van der Waals surface area contributed by atoms with E-state index in [0.717, 1.165) is 19.1 Å². The summed E-state index contributed by atoms with van der Waals surface area (Å²) < 4.78 is 10.6. The molecule has 2 rings (SSSR count).